The van der Waals surface area contributed by atoms with E-state index in [0.29, 0.717) is 110 Å². The fraction of sp³-hybridized carbons (Fsp3) is 0.708. The number of alkyl halides is 1. The number of ether oxygens (including phenoxy) is 7. The van der Waals surface area contributed by atoms with Crippen molar-refractivity contribution in [2.24, 2.45) is 0 Å². The third kappa shape index (κ3) is 17.4. The number of carbonyl (C=O) groups is 2. The summed E-state index contributed by atoms with van der Waals surface area (Å²) in [6, 6.07) is 7.63. The number of likely N-dealkylation sites (tertiary alicyclic amines) is 1. The number of aryl methyl sites for hydroxylation is 1. The minimum atomic E-state index is -0.487. The summed E-state index contributed by atoms with van der Waals surface area (Å²) in [5.41, 5.74) is 3.21. The van der Waals surface area contributed by atoms with Crippen molar-refractivity contribution >= 4 is 40.5 Å². The van der Waals surface area contributed by atoms with Gasteiger partial charge in [-0.2, -0.15) is 0 Å². The second-order valence-electron chi connectivity index (χ2n) is 16.8. The average Bonchev–Trinajstić information content (AvgIpc) is 3.78. The normalized spacial score (nSPS) is 16.6. The molecule has 0 radical (unpaired) electrons. The molecular formula is C48H75ClFN7O9. The Bertz CT molecular complexity index is 1810. The third-order valence-electron chi connectivity index (χ3n) is 12.1. The standard InChI is InChI=1S/C24H27ClFN5O.C24H48N2O8/c1-29-12-7-24(8-13-29)18-6-10-27-15-21(18)31(23(24)32)16-22-28-19-14-17(25)4-5-20(19)30(22)11-3-2-9-26;1-2-11-28-15-19-32-23-24-34-22-18-31-14-9-26-6-4-25(5-7-26)8-13-30-17-21-33-20-16-29-12-3-10-27/h4-6,10,14-15H,2-3,7-9,11-13,16H2,1H3;10H,2-9,11-24H2,1H3. The van der Waals surface area contributed by atoms with Gasteiger partial charge in [-0.05, 0) is 82.1 Å². The molecule has 18 heteroatoms. The largest absolute Gasteiger partial charge is 0.379 e. The van der Waals surface area contributed by atoms with Crippen LogP contribution < -0.4 is 4.90 Å². The minimum absolute atomic E-state index is 0.133. The van der Waals surface area contributed by atoms with Gasteiger partial charge in [0, 0.05) is 70.1 Å². The third-order valence-corrected chi connectivity index (χ3v) is 12.3. The zero-order valence-electron chi connectivity index (χ0n) is 39.5. The van der Waals surface area contributed by atoms with Gasteiger partial charge in [0.25, 0.3) is 0 Å². The van der Waals surface area contributed by atoms with E-state index in [1.165, 1.54) is 0 Å². The molecule has 5 heterocycles. The van der Waals surface area contributed by atoms with Crippen molar-refractivity contribution in [3.8, 4) is 0 Å². The number of benzene rings is 1. The van der Waals surface area contributed by atoms with E-state index in [2.05, 4.69) is 38.2 Å². The van der Waals surface area contributed by atoms with Crippen molar-refractivity contribution < 1.29 is 47.1 Å². The number of fused-ring (bicyclic) bond motifs is 3. The molecule has 1 aromatic carbocycles. The van der Waals surface area contributed by atoms with Gasteiger partial charge < -0.3 is 52.3 Å². The molecule has 3 aliphatic rings. The number of hydrogen-bond acceptors (Lipinski definition) is 14. The number of pyridine rings is 1. The van der Waals surface area contributed by atoms with Crippen molar-refractivity contribution in [2.75, 3.05) is 163 Å². The van der Waals surface area contributed by atoms with Crippen LogP contribution in [0.3, 0.4) is 0 Å². The maximum atomic E-state index is 13.9. The molecule has 370 valence electrons. The number of anilines is 1. The Kier molecular flexibility index (Phi) is 25.3. The number of imidazole rings is 1. The summed E-state index contributed by atoms with van der Waals surface area (Å²) in [4.78, 5) is 42.2. The number of halogens is 2. The zero-order valence-corrected chi connectivity index (χ0v) is 40.3. The van der Waals surface area contributed by atoms with Crippen LogP contribution in [0.25, 0.3) is 11.0 Å². The summed E-state index contributed by atoms with van der Waals surface area (Å²) in [7, 11) is 2.10. The number of aromatic nitrogens is 3. The molecule has 0 N–H and O–H groups in total. The number of piperazine rings is 1. The fourth-order valence-electron chi connectivity index (χ4n) is 8.36. The van der Waals surface area contributed by atoms with E-state index in [0.717, 1.165) is 126 Å². The Morgan fingerprint density at radius 2 is 1.29 bits per heavy atom. The number of nitrogens with zero attached hydrogens (tertiary/aromatic N) is 7. The number of hydrogen-bond donors (Lipinski definition) is 0. The molecule has 6 rings (SSSR count). The van der Waals surface area contributed by atoms with Crippen molar-refractivity contribution in [3.63, 3.8) is 0 Å². The molecular weight excluding hydrogens is 873 g/mol. The Balaban J connectivity index is 0.000000247. The lowest BCUT2D eigenvalue weighted by atomic mass is 9.74. The monoisotopic (exact) mass is 948 g/mol. The fourth-order valence-corrected chi connectivity index (χ4v) is 8.53. The van der Waals surface area contributed by atoms with Crippen LogP contribution in [0.15, 0.2) is 36.7 Å². The Labute approximate surface area is 396 Å². The molecule has 2 fully saturated rings. The van der Waals surface area contributed by atoms with Crippen LogP contribution in [0.1, 0.15) is 56.8 Å². The smallest absolute Gasteiger partial charge is 0.238 e. The highest BCUT2D eigenvalue weighted by atomic mass is 35.5. The number of rotatable bonds is 32. The van der Waals surface area contributed by atoms with Gasteiger partial charge in [0.15, 0.2) is 0 Å². The van der Waals surface area contributed by atoms with Gasteiger partial charge in [-0.15, -0.1) is 0 Å². The molecule has 0 bridgehead atoms. The van der Waals surface area contributed by atoms with E-state index in [1.54, 1.807) is 12.4 Å². The van der Waals surface area contributed by atoms with Crippen LogP contribution >= 0.6 is 11.6 Å². The molecule has 0 unspecified atom stereocenters. The molecule has 66 heavy (non-hydrogen) atoms. The maximum absolute atomic E-state index is 13.9. The van der Waals surface area contributed by atoms with Crippen LogP contribution in [0.5, 0.6) is 0 Å². The van der Waals surface area contributed by atoms with E-state index in [1.807, 2.05) is 29.2 Å². The Hall–Kier alpha value is -3.20. The van der Waals surface area contributed by atoms with Crippen molar-refractivity contribution in [3.05, 3.63) is 53.1 Å². The lowest BCUT2D eigenvalue weighted by Gasteiger charge is -2.36. The first-order chi connectivity index (χ1) is 32.4. The Morgan fingerprint density at radius 1 is 0.727 bits per heavy atom. The highest BCUT2D eigenvalue weighted by molar-refractivity contribution is 6.31. The van der Waals surface area contributed by atoms with Crippen molar-refractivity contribution in [1.82, 2.24) is 29.2 Å². The van der Waals surface area contributed by atoms with Gasteiger partial charge >= 0.3 is 0 Å². The molecule has 0 saturated carbocycles. The van der Waals surface area contributed by atoms with E-state index in [-0.39, 0.29) is 12.6 Å². The first kappa shape index (κ1) is 53.8. The second-order valence-corrected chi connectivity index (χ2v) is 17.2. The average molecular weight is 949 g/mol. The molecule has 0 atom stereocenters. The second kappa shape index (κ2) is 31.0. The van der Waals surface area contributed by atoms with E-state index in [9.17, 15) is 14.0 Å². The van der Waals surface area contributed by atoms with E-state index < -0.39 is 5.41 Å². The highest BCUT2D eigenvalue weighted by Crippen LogP contribution is 2.48. The summed E-state index contributed by atoms with van der Waals surface area (Å²) in [6.07, 6.45) is 8.73. The summed E-state index contributed by atoms with van der Waals surface area (Å²) in [5.74, 6) is 0.920. The van der Waals surface area contributed by atoms with Crippen LogP contribution in [0.4, 0.5) is 10.1 Å². The predicted octanol–water partition coefficient (Wildman–Crippen LogP) is 5.06. The molecule has 2 saturated heterocycles. The van der Waals surface area contributed by atoms with Gasteiger partial charge in [-0.1, -0.05) is 18.5 Å². The molecule has 3 aliphatic heterocycles. The molecule has 2 aromatic heterocycles. The predicted molar refractivity (Wildman–Crippen MR) is 253 cm³/mol. The lowest BCUT2D eigenvalue weighted by molar-refractivity contribution is -0.125. The van der Waals surface area contributed by atoms with Crippen LogP contribution in [-0.4, -0.2) is 200 Å². The van der Waals surface area contributed by atoms with Crippen molar-refractivity contribution in [1.29, 1.82) is 0 Å². The maximum Gasteiger partial charge on any atom is 0.238 e. The highest BCUT2D eigenvalue weighted by Gasteiger charge is 2.52. The molecule has 1 amide bonds. The van der Waals surface area contributed by atoms with Gasteiger partial charge in [0.05, 0.1) is 127 Å². The number of piperidine rings is 1. The van der Waals surface area contributed by atoms with Gasteiger partial charge in [0.1, 0.15) is 12.1 Å². The van der Waals surface area contributed by atoms with Crippen LogP contribution in [0.2, 0.25) is 5.02 Å². The summed E-state index contributed by atoms with van der Waals surface area (Å²) in [6.45, 7) is 19.3. The van der Waals surface area contributed by atoms with Crippen LogP contribution in [0, 0.1) is 0 Å². The summed E-state index contributed by atoms with van der Waals surface area (Å²) < 4.78 is 53.1. The van der Waals surface area contributed by atoms with E-state index in [4.69, 9.17) is 49.7 Å². The lowest BCUT2D eigenvalue weighted by Crippen LogP contribution is -2.48. The first-order valence-corrected chi connectivity index (χ1v) is 24.4. The minimum Gasteiger partial charge on any atom is -0.379 e. The Morgan fingerprint density at radius 3 is 1.85 bits per heavy atom. The number of amides is 1. The number of carbonyl (C=O) groups excluding carboxylic acids is 2. The van der Waals surface area contributed by atoms with Crippen molar-refractivity contribution in [2.45, 2.75) is 64.0 Å². The topological polar surface area (TPSA) is 142 Å². The SMILES string of the molecule is CCCOCCOCCOCCOCCN1CCN(CCOCCOCCOCCC=O)CC1.CN1CCC2(CC1)C(=O)N(Cc1nc3cc(Cl)ccc3n1CCCCF)c1cnccc12. The van der Waals surface area contributed by atoms with Crippen LogP contribution in [-0.2, 0) is 61.3 Å². The zero-order chi connectivity index (χ0) is 46.7. The van der Waals surface area contributed by atoms with Gasteiger partial charge in [0.2, 0.25) is 5.91 Å². The van der Waals surface area contributed by atoms with Gasteiger partial charge in [-0.3, -0.25) is 24.0 Å². The number of unbranched alkanes of at least 4 members (excludes halogenated alkanes) is 1. The molecule has 1 spiro atoms. The van der Waals surface area contributed by atoms with E-state index >= 15 is 0 Å². The van der Waals surface area contributed by atoms with Gasteiger partial charge in [-0.25, -0.2) is 4.98 Å². The summed E-state index contributed by atoms with van der Waals surface area (Å²) in [5, 5.41) is 0.620. The first-order valence-electron chi connectivity index (χ1n) is 24.0. The number of aldehydes is 1. The quantitative estimate of drug-likeness (QED) is 0.0608. The summed E-state index contributed by atoms with van der Waals surface area (Å²) >= 11 is 6.20. The molecule has 16 nitrogen and oxygen atoms in total. The molecule has 3 aromatic rings. The molecule has 0 aliphatic carbocycles.